The molecule has 1 fully saturated rings. The average molecular weight is 306 g/mol. The maximum atomic E-state index is 11.3. The van der Waals surface area contributed by atoms with Crippen molar-refractivity contribution in [3.8, 4) is 5.75 Å². The number of pyridine rings is 1. The number of hydrogen-bond acceptors (Lipinski definition) is 5. The summed E-state index contributed by atoms with van der Waals surface area (Å²) in [7, 11) is 0. The molecule has 1 aliphatic carbocycles. The van der Waals surface area contributed by atoms with Crippen molar-refractivity contribution in [2.75, 3.05) is 18.5 Å². The zero-order chi connectivity index (χ0) is 15.5. The summed E-state index contributed by atoms with van der Waals surface area (Å²) in [6, 6.07) is 3.67. The summed E-state index contributed by atoms with van der Waals surface area (Å²) in [6.45, 7) is 1.30. The number of carbonyl (C=O) groups is 2. The molecule has 1 saturated carbocycles. The number of hydrogen-bond donors (Lipinski definition) is 4. The first-order valence-corrected chi connectivity index (χ1v) is 7.24. The van der Waals surface area contributed by atoms with Gasteiger partial charge in [0, 0.05) is 19.1 Å². The molecule has 3 rings (SSSR count). The first-order chi connectivity index (χ1) is 10.6. The molecule has 2 atom stereocenters. The van der Waals surface area contributed by atoms with Gasteiger partial charge in [-0.1, -0.05) is 0 Å². The van der Waals surface area contributed by atoms with Gasteiger partial charge < -0.3 is 25.8 Å². The summed E-state index contributed by atoms with van der Waals surface area (Å²) in [5.74, 6) is 1.14. The quantitative estimate of drug-likeness (QED) is 0.632. The molecule has 0 saturated heterocycles. The number of rotatable bonds is 5. The number of nitrogens with one attached hydrogen (secondary N) is 3. The number of aromatic nitrogens is 1. The van der Waals surface area contributed by atoms with Gasteiger partial charge in [0.05, 0.1) is 5.69 Å². The van der Waals surface area contributed by atoms with E-state index in [4.69, 9.17) is 9.84 Å². The molecule has 0 spiro atoms. The second-order valence-electron chi connectivity index (χ2n) is 5.51. The Labute approximate surface area is 127 Å². The SMILES string of the molecule is O=C(O)N[C@@H]1CC[C@H]1CNCc1ccc2c(n1)NC(=O)CO2. The van der Waals surface area contributed by atoms with Crippen LogP contribution >= 0.6 is 0 Å². The summed E-state index contributed by atoms with van der Waals surface area (Å²) in [5.41, 5.74) is 0.798. The lowest BCUT2D eigenvalue weighted by atomic mass is 9.79. The van der Waals surface area contributed by atoms with Crippen LogP contribution in [0, 0.1) is 5.92 Å². The Kier molecular flexibility index (Phi) is 4.10. The zero-order valence-corrected chi connectivity index (χ0v) is 12.0. The predicted molar refractivity (Wildman–Crippen MR) is 77.7 cm³/mol. The van der Waals surface area contributed by atoms with Crippen LogP contribution in [-0.2, 0) is 11.3 Å². The second kappa shape index (κ2) is 6.18. The van der Waals surface area contributed by atoms with E-state index in [-0.39, 0.29) is 18.6 Å². The number of fused-ring (bicyclic) bond motifs is 1. The number of ether oxygens (including phenoxy) is 1. The topological polar surface area (TPSA) is 113 Å². The third kappa shape index (κ3) is 3.28. The Balaban J connectivity index is 1.49. The Morgan fingerprint density at radius 1 is 1.45 bits per heavy atom. The van der Waals surface area contributed by atoms with E-state index in [1.165, 1.54) is 0 Å². The molecule has 0 bridgehead atoms. The normalized spacial score (nSPS) is 22.8. The Morgan fingerprint density at radius 2 is 2.32 bits per heavy atom. The third-order valence-electron chi connectivity index (χ3n) is 3.97. The van der Waals surface area contributed by atoms with Crippen LogP contribution in [-0.4, -0.2) is 41.3 Å². The molecule has 118 valence electrons. The molecular weight excluding hydrogens is 288 g/mol. The van der Waals surface area contributed by atoms with Crippen molar-refractivity contribution in [3.63, 3.8) is 0 Å². The minimum absolute atomic E-state index is 0.0198. The molecule has 0 aromatic carbocycles. The maximum absolute atomic E-state index is 11.3. The Bertz CT molecular complexity index is 592. The van der Waals surface area contributed by atoms with Crippen molar-refractivity contribution in [3.05, 3.63) is 17.8 Å². The van der Waals surface area contributed by atoms with Gasteiger partial charge in [0.25, 0.3) is 5.91 Å². The third-order valence-corrected chi connectivity index (χ3v) is 3.97. The monoisotopic (exact) mass is 306 g/mol. The molecule has 1 aliphatic heterocycles. The fraction of sp³-hybridized carbons (Fsp3) is 0.500. The van der Waals surface area contributed by atoms with Gasteiger partial charge in [-0.15, -0.1) is 0 Å². The Morgan fingerprint density at radius 3 is 3.05 bits per heavy atom. The minimum Gasteiger partial charge on any atom is -0.480 e. The molecule has 2 amide bonds. The van der Waals surface area contributed by atoms with Crippen LogP contribution in [0.4, 0.5) is 10.6 Å². The molecule has 8 heteroatoms. The van der Waals surface area contributed by atoms with Gasteiger partial charge in [-0.25, -0.2) is 9.78 Å². The van der Waals surface area contributed by atoms with E-state index in [1.54, 1.807) is 6.07 Å². The standard InChI is InChI=1S/C14H18N4O4/c19-12-7-22-11-4-2-9(16-13(11)18-12)6-15-5-8-1-3-10(8)17-14(20)21/h2,4,8,10,15,17H,1,3,5-7H2,(H,20,21)(H,16,18,19)/t8-,10+/m0/s1. The van der Waals surface area contributed by atoms with Crippen molar-refractivity contribution < 1.29 is 19.4 Å². The Hall–Kier alpha value is -2.35. The van der Waals surface area contributed by atoms with Crippen molar-refractivity contribution in [2.45, 2.75) is 25.4 Å². The van der Waals surface area contributed by atoms with E-state index in [9.17, 15) is 9.59 Å². The predicted octanol–water partition coefficient (Wildman–Crippen LogP) is 0.548. The average Bonchev–Trinajstić information content (AvgIpc) is 2.47. The molecule has 8 nitrogen and oxygen atoms in total. The summed E-state index contributed by atoms with van der Waals surface area (Å²) >= 11 is 0. The van der Waals surface area contributed by atoms with Crippen LogP contribution in [0.1, 0.15) is 18.5 Å². The van der Waals surface area contributed by atoms with Crippen LogP contribution in [0.2, 0.25) is 0 Å². The highest BCUT2D eigenvalue weighted by Crippen LogP contribution is 2.27. The van der Waals surface area contributed by atoms with Crippen molar-refractivity contribution in [1.82, 2.24) is 15.6 Å². The molecule has 22 heavy (non-hydrogen) atoms. The van der Waals surface area contributed by atoms with Crippen LogP contribution in [0.15, 0.2) is 12.1 Å². The number of anilines is 1. The van der Waals surface area contributed by atoms with E-state index in [0.717, 1.165) is 25.1 Å². The highest BCUT2D eigenvalue weighted by molar-refractivity contribution is 5.94. The second-order valence-corrected chi connectivity index (χ2v) is 5.51. The number of amides is 2. The van der Waals surface area contributed by atoms with Gasteiger partial charge in [0.1, 0.15) is 0 Å². The number of carboxylic acid groups (broad SMARTS) is 1. The smallest absolute Gasteiger partial charge is 0.404 e. The lowest BCUT2D eigenvalue weighted by Gasteiger charge is -2.36. The van der Waals surface area contributed by atoms with Gasteiger partial charge in [0.15, 0.2) is 18.2 Å². The van der Waals surface area contributed by atoms with Crippen molar-refractivity contribution in [2.24, 2.45) is 5.92 Å². The molecule has 0 unspecified atom stereocenters. The van der Waals surface area contributed by atoms with Gasteiger partial charge >= 0.3 is 6.09 Å². The largest absolute Gasteiger partial charge is 0.480 e. The van der Waals surface area contributed by atoms with Crippen LogP contribution < -0.4 is 20.7 Å². The lowest BCUT2D eigenvalue weighted by Crippen LogP contribution is -2.49. The van der Waals surface area contributed by atoms with Crippen LogP contribution in [0.5, 0.6) is 5.75 Å². The van der Waals surface area contributed by atoms with Crippen LogP contribution in [0.3, 0.4) is 0 Å². The number of carbonyl (C=O) groups excluding carboxylic acids is 1. The summed E-state index contributed by atoms with van der Waals surface area (Å²) in [5, 5.41) is 17.2. The molecule has 1 aromatic rings. The fourth-order valence-electron chi connectivity index (χ4n) is 2.65. The van der Waals surface area contributed by atoms with Gasteiger partial charge in [-0.05, 0) is 30.9 Å². The first-order valence-electron chi connectivity index (χ1n) is 7.24. The van der Waals surface area contributed by atoms with Crippen molar-refractivity contribution in [1.29, 1.82) is 0 Å². The first kappa shape index (κ1) is 14.6. The van der Waals surface area contributed by atoms with Gasteiger partial charge in [0.2, 0.25) is 0 Å². The molecular formula is C14H18N4O4. The van der Waals surface area contributed by atoms with Crippen molar-refractivity contribution >= 4 is 17.8 Å². The van der Waals surface area contributed by atoms with E-state index in [0.29, 0.717) is 24.0 Å². The van der Waals surface area contributed by atoms with Gasteiger partial charge in [-0.2, -0.15) is 0 Å². The van der Waals surface area contributed by atoms with E-state index < -0.39 is 6.09 Å². The molecule has 4 N–H and O–H groups in total. The van der Waals surface area contributed by atoms with Gasteiger partial charge in [-0.3, -0.25) is 4.79 Å². The van der Waals surface area contributed by atoms with E-state index in [2.05, 4.69) is 20.9 Å². The highest BCUT2D eigenvalue weighted by atomic mass is 16.5. The summed E-state index contributed by atoms with van der Waals surface area (Å²) in [6.07, 6.45) is 0.931. The van der Waals surface area contributed by atoms with E-state index in [1.807, 2.05) is 6.07 Å². The fourth-order valence-corrected chi connectivity index (χ4v) is 2.65. The minimum atomic E-state index is -0.971. The molecule has 2 aliphatic rings. The molecule has 1 aromatic heterocycles. The zero-order valence-electron chi connectivity index (χ0n) is 12.0. The van der Waals surface area contributed by atoms with Crippen LogP contribution in [0.25, 0.3) is 0 Å². The highest BCUT2D eigenvalue weighted by Gasteiger charge is 2.31. The summed E-state index contributed by atoms with van der Waals surface area (Å²) < 4.78 is 5.25. The molecule has 2 heterocycles. The lowest BCUT2D eigenvalue weighted by molar-refractivity contribution is -0.118. The maximum Gasteiger partial charge on any atom is 0.404 e. The molecule has 0 radical (unpaired) electrons. The number of nitrogens with zero attached hydrogens (tertiary/aromatic N) is 1. The van der Waals surface area contributed by atoms with E-state index >= 15 is 0 Å². The summed E-state index contributed by atoms with van der Waals surface area (Å²) in [4.78, 5) is 26.2.